The van der Waals surface area contributed by atoms with E-state index in [1.807, 2.05) is 36.9 Å². The number of ether oxygens (including phenoxy) is 1. The van der Waals surface area contributed by atoms with Crippen LogP contribution in [0.4, 0.5) is 5.69 Å². The SMILES string of the molecule is CC.CCOC(=O)C(=O)CN1CCCc2ccccc21. The number of anilines is 1. The molecular formula is C16H23NO3. The van der Waals surface area contributed by atoms with Gasteiger partial charge in [0.05, 0.1) is 13.2 Å². The van der Waals surface area contributed by atoms with Crippen LogP contribution in [-0.4, -0.2) is 31.4 Å². The highest BCUT2D eigenvalue weighted by atomic mass is 16.5. The fourth-order valence-corrected chi connectivity index (χ4v) is 2.23. The second kappa shape index (κ2) is 8.35. The van der Waals surface area contributed by atoms with Crippen LogP contribution in [0.25, 0.3) is 0 Å². The van der Waals surface area contributed by atoms with Crippen LogP contribution in [0, 0.1) is 0 Å². The molecule has 1 aromatic rings. The molecule has 20 heavy (non-hydrogen) atoms. The minimum atomic E-state index is -0.736. The van der Waals surface area contributed by atoms with Crippen molar-refractivity contribution >= 4 is 17.4 Å². The molecule has 4 nitrogen and oxygen atoms in total. The van der Waals surface area contributed by atoms with Gasteiger partial charge in [-0.2, -0.15) is 0 Å². The normalized spacial score (nSPS) is 12.8. The average Bonchev–Trinajstić information content (AvgIpc) is 2.50. The Morgan fingerprint density at radius 1 is 1.25 bits per heavy atom. The van der Waals surface area contributed by atoms with E-state index in [-0.39, 0.29) is 13.2 Å². The van der Waals surface area contributed by atoms with E-state index >= 15 is 0 Å². The van der Waals surface area contributed by atoms with E-state index in [2.05, 4.69) is 6.07 Å². The monoisotopic (exact) mass is 277 g/mol. The molecule has 0 aromatic heterocycles. The molecule has 0 N–H and O–H groups in total. The maximum absolute atomic E-state index is 11.7. The molecule has 0 atom stereocenters. The molecule has 0 aliphatic carbocycles. The number of fused-ring (bicyclic) bond motifs is 1. The smallest absolute Gasteiger partial charge is 0.376 e. The van der Waals surface area contributed by atoms with E-state index in [9.17, 15) is 9.59 Å². The molecule has 0 spiro atoms. The summed E-state index contributed by atoms with van der Waals surface area (Å²) in [6.07, 6.45) is 2.04. The zero-order valence-electron chi connectivity index (χ0n) is 12.5. The number of esters is 1. The van der Waals surface area contributed by atoms with Gasteiger partial charge < -0.3 is 9.64 Å². The molecule has 1 aliphatic heterocycles. The zero-order valence-corrected chi connectivity index (χ0v) is 12.5. The first kappa shape index (κ1) is 16.2. The van der Waals surface area contributed by atoms with Crippen LogP contribution in [0.5, 0.6) is 0 Å². The Morgan fingerprint density at radius 3 is 2.65 bits per heavy atom. The lowest BCUT2D eigenvalue weighted by Gasteiger charge is -2.30. The Balaban J connectivity index is 0.000000956. The second-order valence-electron chi connectivity index (χ2n) is 4.30. The number of benzene rings is 1. The van der Waals surface area contributed by atoms with Crippen molar-refractivity contribution in [2.24, 2.45) is 0 Å². The van der Waals surface area contributed by atoms with Crippen LogP contribution < -0.4 is 4.90 Å². The standard InChI is InChI=1S/C14H17NO3.C2H6/c1-2-18-14(17)13(16)10-15-9-5-7-11-6-3-4-8-12(11)15;1-2/h3-4,6,8H,2,5,7,9-10H2,1H3;1-2H3. The van der Waals surface area contributed by atoms with Gasteiger partial charge in [-0.25, -0.2) is 4.79 Å². The number of rotatable bonds is 4. The molecule has 0 saturated heterocycles. The summed E-state index contributed by atoms with van der Waals surface area (Å²) in [6, 6.07) is 8.00. The lowest BCUT2D eigenvalue weighted by Crippen LogP contribution is -2.37. The van der Waals surface area contributed by atoms with Crippen molar-refractivity contribution in [3.63, 3.8) is 0 Å². The van der Waals surface area contributed by atoms with Gasteiger partial charge in [0, 0.05) is 12.2 Å². The van der Waals surface area contributed by atoms with Crippen LogP contribution in [0.3, 0.4) is 0 Å². The Kier molecular flexibility index (Phi) is 6.77. The van der Waals surface area contributed by atoms with Crippen molar-refractivity contribution in [1.82, 2.24) is 0 Å². The van der Waals surface area contributed by atoms with Gasteiger partial charge in [-0.05, 0) is 31.4 Å². The summed E-state index contributed by atoms with van der Waals surface area (Å²) in [4.78, 5) is 25.0. The predicted molar refractivity (Wildman–Crippen MR) is 80.0 cm³/mol. The van der Waals surface area contributed by atoms with Crippen molar-refractivity contribution in [2.75, 3.05) is 24.6 Å². The highest BCUT2D eigenvalue weighted by molar-refractivity contribution is 6.35. The van der Waals surface area contributed by atoms with Gasteiger partial charge in [-0.15, -0.1) is 0 Å². The molecule has 0 fully saturated rings. The van der Waals surface area contributed by atoms with Crippen LogP contribution in [0.1, 0.15) is 32.8 Å². The van der Waals surface area contributed by atoms with Gasteiger partial charge in [0.15, 0.2) is 0 Å². The third-order valence-corrected chi connectivity index (χ3v) is 3.04. The number of aryl methyl sites for hydroxylation is 1. The van der Waals surface area contributed by atoms with Crippen molar-refractivity contribution in [3.8, 4) is 0 Å². The average molecular weight is 277 g/mol. The summed E-state index contributed by atoms with van der Waals surface area (Å²) in [5, 5.41) is 0. The number of ketones is 1. The molecule has 4 heteroatoms. The molecule has 0 bridgehead atoms. The highest BCUT2D eigenvalue weighted by Gasteiger charge is 2.22. The molecule has 110 valence electrons. The minimum Gasteiger partial charge on any atom is -0.460 e. The molecule has 2 rings (SSSR count). The Bertz CT molecular complexity index is 457. The number of nitrogens with zero attached hydrogens (tertiary/aromatic N) is 1. The van der Waals surface area contributed by atoms with Gasteiger partial charge in [-0.3, -0.25) is 4.79 Å². The minimum absolute atomic E-state index is 0.107. The first-order chi connectivity index (χ1) is 9.72. The van der Waals surface area contributed by atoms with E-state index in [4.69, 9.17) is 4.74 Å². The van der Waals surface area contributed by atoms with E-state index < -0.39 is 11.8 Å². The number of hydrogen-bond acceptors (Lipinski definition) is 4. The molecule has 1 aromatic carbocycles. The topological polar surface area (TPSA) is 46.6 Å². The van der Waals surface area contributed by atoms with Gasteiger partial charge in [0.25, 0.3) is 5.78 Å². The van der Waals surface area contributed by atoms with Crippen LogP contribution in [-0.2, 0) is 20.7 Å². The highest BCUT2D eigenvalue weighted by Crippen LogP contribution is 2.26. The van der Waals surface area contributed by atoms with Gasteiger partial charge in [-0.1, -0.05) is 32.0 Å². The summed E-state index contributed by atoms with van der Waals surface area (Å²) < 4.78 is 4.72. The Labute approximate surface area is 120 Å². The van der Waals surface area contributed by atoms with Crippen molar-refractivity contribution in [2.45, 2.75) is 33.6 Å². The van der Waals surface area contributed by atoms with E-state index in [1.165, 1.54) is 5.56 Å². The molecule has 0 amide bonds. The van der Waals surface area contributed by atoms with Crippen molar-refractivity contribution in [1.29, 1.82) is 0 Å². The maximum atomic E-state index is 11.7. The summed E-state index contributed by atoms with van der Waals surface area (Å²) in [5.74, 6) is -1.21. The van der Waals surface area contributed by atoms with E-state index in [0.717, 1.165) is 25.1 Å². The largest absolute Gasteiger partial charge is 0.460 e. The fraction of sp³-hybridized carbons (Fsp3) is 0.500. The number of para-hydroxylation sites is 1. The van der Waals surface area contributed by atoms with Crippen LogP contribution in [0.2, 0.25) is 0 Å². The quantitative estimate of drug-likeness (QED) is 0.627. The Morgan fingerprint density at radius 2 is 1.95 bits per heavy atom. The lowest BCUT2D eigenvalue weighted by atomic mass is 10.0. The molecule has 0 saturated carbocycles. The van der Waals surface area contributed by atoms with Gasteiger partial charge >= 0.3 is 5.97 Å². The van der Waals surface area contributed by atoms with E-state index in [0.29, 0.717) is 0 Å². The third-order valence-electron chi connectivity index (χ3n) is 3.04. The molecular weight excluding hydrogens is 254 g/mol. The summed E-state index contributed by atoms with van der Waals surface area (Å²) in [6.45, 7) is 6.85. The zero-order chi connectivity index (χ0) is 15.0. The summed E-state index contributed by atoms with van der Waals surface area (Å²) in [7, 11) is 0. The number of carbonyl (C=O) groups excluding carboxylic acids is 2. The number of Topliss-reactive ketones (excluding diaryl/α,β-unsaturated/α-hetero) is 1. The van der Waals surface area contributed by atoms with Gasteiger partial charge in [0.1, 0.15) is 0 Å². The lowest BCUT2D eigenvalue weighted by molar-refractivity contribution is -0.152. The predicted octanol–water partition coefficient (Wildman–Crippen LogP) is 2.60. The second-order valence-corrected chi connectivity index (χ2v) is 4.30. The van der Waals surface area contributed by atoms with Crippen LogP contribution in [0.15, 0.2) is 24.3 Å². The summed E-state index contributed by atoms with van der Waals surface area (Å²) in [5.41, 5.74) is 2.29. The molecule has 1 aliphatic rings. The molecule has 1 heterocycles. The number of hydrogen-bond donors (Lipinski definition) is 0. The number of carbonyl (C=O) groups is 2. The van der Waals surface area contributed by atoms with E-state index in [1.54, 1.807) is 6.92 Å². The van der Waals surface area contributed by atoms with Crippen LogP contribution >= 0.6 is 0 Å². The first-order valence-electron chi connectivity index (χ1n) is 7.25. The third kappa shape index (κ3) is 4.08. The van der Waals surface area contributed by atoms with Crippen molar-refractivity contribution in [3.05, 3.63) is 29.8 Å². The summed E-state index contributed by atoms with van der Waals surface area (Å²) >= 11 is 0. The first-order valence-corrected chi connectivity index (χ1v) is 7.25. The molecule has 0 radical (unpaired) electrons. The van der Waals surface area contributed by atoms with Crippen molar-refractivity contribution < 1.29 is 14.3 Å². The fourth-order valence-electron chi connectivity index (χ4n) is 2.23. The maximum Gasteiger partial charge on any atom is 0.376 e. The Hall–Kier alpha value is -1.84. The molecule has 0 unspecified atom stereocenters. The van der Waals surface area contributed by atoms with Gasteiger partial charge in [0.2, 0.25) is 0 Å².